The number of anilines is 1. The quantitative estimate of drug-likeness (QED) is 0.484. The number of hydrogen-bond acceptors (Lipinski definition) is 6. The Morgan fingerprint density at radius 2 is 1.86 bits per heavy atom. The molecule has 2 N–H and O–H groups in total. The lowest BCUT2D eigenvalue weighted by Gasteiger charge is -2.20. The van der Waals surface area contributed by atoms with Crippen LogP contribution in [-0.2, 0) is 6.54 Å². The van der Waals surface area contributed by atoms with E-state index in [1.54, 1.807) is 11.3 Å². The van der Waals surface area contributed by atoms with E-state index < -0.39 is 0 Å². The van der Waals surface area contributed by atoms with Crippen molar-refractivity contribution in [3.8, 4) is 0 Å². The zero-order valence-electron chi connectivity index (χ0n) is 16.1. The van der Waals surface area contributed by atoms with Gasteiger partial charge in [0.05, 0.1) is 12.2 Å². The highest BCUT2D eigenvalue weighted by Gasteiger charge is 2.18. The molecule has 0 fully saturated rings. The minimum atomic E-state index is 0.599. The van der Waals surface area contributed by atoms with Crippen LogP contribution in [0.2, 0.25) is 0 Å². The molecule has 6 nitrogen and oxygen atoms in total. The summed E-state index contributed by atoms with van der Waals surface area (Å²) in [6.45, 7) is 7.47. The monoisotopic (exact) mass is 394 g/mol. The van der Waals surface area contributed by atoms with E-state index in [1.807, 2.05) is 0 Å². The molecule has 0 aliphatic rings. The van der Waals surface area contributed by atoms with Crippen LogP contribution in [0.15, 0.2) is 41.0 Å². The van der Waals surface area contributed by atoms with Crippen molar-refractivity contribution >= 4 is 50.4 Å². The van der Waals surface area contributed by atoms with Crippen molar-refractivity contribution in [2.24, 2.45) is 5.73 Å². The summed E-state index contributed by atoms with van der Waals surface area (Å²) in [4.78, 5) is 2.25. The summed E-state index contributed by atoms with van der Waals surface area (Å²) in [5, 5.41) is 9.47. The molecule has 0 amide bonds. The number of hydrogen-bond donors (Lipinski definition) is 1. The Labute approximate surface area is 167 Å². The molecule has 0 aliphatic carbocycles. The van der Waals surface area contributed by atoms with Gasteiger partial charge in [-0.1, -0.05) is 29.5 Å². The molecule has 7 heteroatoms. The maximum absolute atomic E-state index is 5.84. The van der Waals surface area contributed by atoms with Gasteiger partial charge >= 0.3 is 0 Å². The molecule has 0 radical (unpaired) electrons. The summed E-state index contributed by atoms with van der Waals surface area (Å²) in [7, 11) is 0. The second kappa shape index (κ2) is 8.08. The molecule has 2 heterocycles. The number of fused-ring (bicyclic) bond motifs is 2. The van der Waals surface area contributed by atoms with Gasteiger partial charge in [0.15, 0.2) is 12.1 Å². The van der Waals surface area contributed by atoms with Gasteiger partial charge in [-0.2, -0.15) is 4.57 Å². The highest BCUT2D eigenvalue weighted by atomic mass is 32.1. The average Bonchev–Trinajstić information content (AvgIpc) is 3.34. The lowest BCUT2D eigenvalue weighted by Crippen LogP contribution is -2.38. The molecule has 0 saturated heterocycles. The Bertz CT molecular complexity index is 1130. The topological polar surface area (TPSA) is 72.1 Å². The number of rotatable bonds is 7. The maximum Gasteiger partial charge on any atom is 0.262 e. The number of aromatic nitrogens is 3. The number of nitrogens with two attached hydrogens (primary N) is 1. The van der Waals surface area contributed by atoms with Crippen molar-refractivity contribution in [3.63, 3.8) is 0 Å². The van der Waals surface area contributed by atoms with Crippen LogP contribution >= 0.6 is 11.3 Å². The fourth-order valence-corrected chi connectivity index (χ4v) is 4.61. The Kier molecular flexibility index (Phi) is 5.36. The maximum atomic E-state index is 5.84. The fraction of sp³-hybridized carbons (Fsp3) is 0.286. The highest BCUT2D eigenvalue weighted by molar-refractivity contribution is 7.18. The molecule has 0 aliphatic heterocycles. The lowest BCUT2D eigenvalue weighted by atomic mass is 10.1. The Morgan fingerprint density at radius 3 is 2.64 bits per heavy atom. The Hall–Kier alpha value is -2.77. The van der Waals surface area contributed by atoms with Crippen LogP contribution in [0.25, 0.3) is 33.4 Å². The zero-order valence-corrected chi connectivity index (χ0v) is 16.9. The summed E-state index contributed by atoms with van der Waals surface area (Å²) in [6, 6.07) is 12.6. The number of benzene rings is 2. The van der Waals surface area contributed by atoms with E-state index in [4.69, 9.17) is 10.4 Å². The molecule has 0 unspecified atom stereocenters. The molecular weight excluding hydrogens is 370 g/mol. The molecule has 0 saturated carbocycles. The first-order valence-corrected chi connectivity index (χ1v) is 10.4. The molecular formula is C21H24N5OS+. The van der Waals surface area contributed by atoms with Crippen LogP contribution in [0.4, 0.5) is 5.69 Å². The SMILES string of the molecule is CCN(CC)c1ccc(/C=C/c2sc3ccccc3[n+]2CCN)c2nonc12. The van der Waals surface area contributed by atoms with Crippen molar-refractivity contribution in [1.29, 1.82) is 0 Å². The van der Waals surface area contributed by atoms with Crippen LogP contribution in [0.1, 0.15) is 24.4 Å². The summed E-state index contributed by atoms with van der Waals surface area (Å²) in [6.07, 6.45) is 4.21. The number of nitrogens with zero attached hydrogens (tertiary/aromatic N) is 4. The minimum absolute atomic E-state index is 0.599. The van der Waals surface area contributed by atoms with Gasteiger partial charge in [-0.05, 0) is 42.4 Å². The third kappa shape index (κ3) is 3.27. The van der Waals surface area contributed by atoms with E-state index in [9.17, 15) is 0 Å². The Balaban J connectivity index is 1.76. The molecule has 2 aromatic carbocycles. The molecule has 2 aromatic heterocycles. The van der Waals surface area contributed by atoms with Gasteiger partial charge in [-0.3, -0.25) is 0 Å². The summed E-state index contributed by atoms with van der Waals surface area (Å²) < 4.78 is 8.58. The number of para-hydroxylation sites is 1. The predicted octanol–water partition coefficient (Wildman–Crippen LogP) is 3.70. The smallest absolute Gasteiger partial charge is 0.262 e. The molecule has 4 aromatic rings. The number of thiazole rings is 1. The van der Waals surface area contributed by atoms with E-state index in [0.29, 0.717) is 6.54 Å². The molecule has 144 valence electrons. The fourth-order valence-electron chi connectivity index (χ4n) is 3.52. The molecule has 4 rings (SSSR count). The van der Waals surface area contributed by atoms with Crippen LogP contribution < -0.4 is 15.2 Å². The third-order valence-electron chi connectivity index (χ3n) is 4.92. The van der Waals surface area contributed by atoms with Gasteiger partial charge in [0.25, 0.3) is 5.01 Å². The zero-order chi connectivity index (χ0) is 19.5. The van der Waals surface area contributed by atoms with Gasteiger partial charge in [-0.25, -0.2) is 4.63 Å². The van der Waals surface area contributed by atoms with Gasteiger partial charge in [0, 0.05) is 30.8 Å². The molecule has 0 spiro atoms. The summed E-state index contributed by atoms with van der Waals surface area (Å²) in [5.74, 6) is 0. The molecule has 0 bridgehead atoms. The highest BCUT2D eigenvalue weighted by Crippen LogP contribution is 2.29. The summed E-state index contributed by atoms with van der Waals surface area (Å²) >= 11 is 1.76. The van der Waals surface area contributed by atoms with E-state index in [2.05, 4.69) is 82.2 Å². The first-order valence-electron chi connectivity index (χ1n) is 9.56. The van der Waals surface area contributed by atoms with Crippen LogP contribution in [-0.4, -0.2) is 29.9 Å². The van der Waals surface area contributed by atoms with Gasteiger partial charge in [0.2, 0.25) is 5.52 Å². The van der Waals surface area contributed by atoms with Crippen molar-refractivity contribution in [2.45, 2.75) is 20.4 Å². The van der Waals surface area contributed by atoms with Gasteiger partial charge < -0.3 is 10.6 Å². The predicted molar refractivity (Wildman–Crippen MR) is 115 cm³/mol. The van der Waals surface area contributed by atoms with Crippen molar-refractivity contribution < 1.29 is 9.20 Å². The van der Waals surface area contributed by atoms with E-state index in [-0.39, 0.29) is 0 Å². The largest absolute Gasteiger partial charge is 0.370 e. The first-order chi connectivity index (χ1) is 13.8. The second-order valence-electron chi connectivity index (χ2n) is 6.49. The van der Waals surface area contributed by atoms with Gasteiger partial charge in [-0.15, -0.1) is 0 Å². The minimum Gasteiger partial charge on any atom is -0.370 e. The van der Waals surface area contributed by atoms with Crippen LogP contribution in [0.5, 0.6) is 0 Å². The summed E-state index contributed by atoms with van der Waals surface area (Å²) in [5.41, 5.74) is 10.7. The van der Waals surface area contributed by atoms with Crippen molar-refractivity contribution in [2.75, 3.05) is 24.5 Å². The van der Waals surface area contributed by atoms with E-state index >= 15 is 0 Å². The molecule has 28 heavy (non-hydrogen) atoms. The van der Waals surface area contributed by atoms with E-state index in [0.717, 1.165) is 46.9 Å². The second-order valence-corrected chi connectivity index (χ2v) is 7.55. The van der Waals surface area contributed by atoms with Crippen LogP contribution in [0.3, 0.4) is 0 Å². The van der Waals surface area contributed by atoms with Gasteiger partial charge in [0.1, 0.15) is 10.2 Å². The lowest BCUT2D eigenvalue weighted by molar-refractivity contribution is -0.666. The van der Waals surface area contributed by atoms with Crippen molar-refractivity contribution in [1.82, 2.24) is 10.3 Å². The third-order valence-corrected chi connectivity index (χ3v) is 6.05. The van der Waals surface area contributed by atoms with Crippen LogP contribution in [0, 0.1) is 0 Å². The average molecular weight is 395 g/mol. The molecule has 0 atom stereocenters. The Morgan fingerprint density at radius 1 is 1.07 bits per heavy atom. The first kappa shape index (κ1) is 18.6. The standard InChI is InChI=1S/C21H24N5OS/c1-3-25(4-2)17-11-9-15(20-21(17)24-27-23-20)10-12-19-26(14-13-22)16-7-5-6-8-18(16)28-19/h5-12H,3-4,13-14,22H2,1-2H3/q+1. The normalized spacial score (nSPS) is 11.8. The van der Waals surface area contributed by atoms with E-state index in [1.165, 1.54) is 10.2 Å². The van der Waals surface area contributed by atoms with Crippen molar-refractivity contribution in [3.05, 3.63) is 47.0 Å².